The van der Waals surface area contributed by atoms with Crippen LogP contribution in [0.1, 0.15) is 11.1 Å². The average Bonchev–Trinajstić information content (AvgIpc) is 2.74. The van der Waals surface area contributed by atoms with Crippen LogP contribution in [0, 0.1) is 11.2 Å². The van der Waals surface area contributed by atoms with Gasteiger partial charge in [0, 0.05) is 38.3 Å². The Hall–Kier alpha value is -1.46. The average molecular weight is 263 g/mol. The Morgan fingerprint density at radius 3 is 2.79 bits per heavy atom. The molecular formula is C14H18FN3O. The topological polar surface area (TPSA) is 39.6 Å². The van der Waals surface area contributed by atoms with Crippen molar-refractivity contribution in [3.63, 3.8) is 0 Å². The van der Waals surface area contributed by atoms with E-state index in [0.29, 0.717) is 5.84 Å². The number of amidine groups is 1. The Morgan fingerprint density at radius 2 is 2.00 bits per heavy atom. The van der Waals surface area contributed by atoms with E-state index >= 15 is 0 Å². The van der Waals surface area contributed by atoms with E-state index in [1.165, 1.54) is 12.1 Å². The lowest BCUT2D eigenvalue weighted by Gasteiger charge is -2.29. The van der Waals surface area contributed by atoms with Crippen molar-refractivity contribution in [2.75, 3.05) is 39.4 Å². The monoisotopic (exact) mass is 263 g/mol. The molecule has 1 aromatic carbocycles. The molecule has 0 atom stereocenters. The normalized spacial score (nSPS) is 19.8. The SMILES string of the molecule is N=C1c2cc(F)ccc2CN1CCN1CCOCC1. The predicted octanol–water partition coefficient (Wildman–Crippen LogP) is 1.30. The minimum Gasteiger partial charge on any atom is -0.379 e. The summed E-state index contributed by atoms with van der Waals surface area (Å²) >= 11 is 0. The van der Waals surface area contributed by atoms with Crippen LogP contribution in [-0.4, -0.2) is 55.0 Å². The molecule has 1 saturated heterocycles. The van der Waals surface area contributed by atoms with E-state index < -0.39 is 0 Å². The summed E-state index contributed by atoms with van der Waals surface area (Å²) < 4.78 is 18.5. The molecule has 0 aliphatic carbocycles. The molecule has 102 valence electrons. The number of morpholine rings is 1. The highest BCUT2D eigenvalue weighted by Crippen LogP contribution is 2.23. The molecule has 2 heterocycles. The van der Waals surface area contributed by atoms with Gasteiger partial charge in [0.1, 0.15) is 11.7 Å². The fraction of sp³-hybridized carbons (Fsp3) is 0.500. The molecule has 1 fully saturated rings. The van der Waals surface area contributed by atoms with Gasteiger partial charge in [-0.05, 0) is 17.7 Å². The van der Waals surface area contributed by atoms with E-state index in [1.54, 1.807) is 6.07 Å². The van der Waals surface area contributed by atoms with Gasteiger partial charge in [0.2, 0.25) is 0 Å². The van der Waals surface area contributed by atoms with Gasteiger partial charge >= 0.3 is 0 Å². The molecule has 1 N–H and O–H groups in total. The van der Waals surface area contributed by atoms with Crippen molar-refractivity contribution in [1.29, 1.82) is 5.41 Å². The predicted molar refractivity (Wildman–Crippen MR) is 70.9 cm³/mol. The quantitative estimate of drug-likeness (QED) is 0.893. The Labute approximate surface area is 112 Å². The number of fused-ring (bicyclic) bond motifs is 1. The maximum Gasteiger partial charge on any atom is 0.128 e. The van der Waals surface area contributed by atoms with Crippen LogP contribution in [0.3, 0.4) is 0 Å². The molecule has 2 aliphatic rings. The summed E-state index contributed by atoms with van der Waals surface area (Å²) in [7, 11) is 0. The van der Waals surface area contributed by atoms with Gasteiger partial charge < -0.3 is 9.64 Å². The maximum atomic E-state index is 13.2. The lowest BCUT2D eigenvalue weighted by Crippen LogP contribution is -2.41. The Kier molecular flexibility index (Phi) is 3.48. The molecule has 0 saturated carbocycles. The molecule has 4 nitrogen and oxygen atoms in total. The third-order valence-corrected chi connectivity index (χ3v) is 3.79. The van der Waals surface area contributed by atoms with Crippen LogP contribution in [0.5, 0.6) is 0 Å². The molecule has 1 aromatic rings. The smallest absolute Gasteiger partial charge is 0.128 e. The fourth-order valence-corrected chi connectivity index (χ4v) is 2.64. The summed E-state index contributed by atoms with van der Waals surface area (Å²) in [6.45, 7) is 5.98. The molecule has 5 heteroatoms. The number of ether oxygens (including phenoxy) is 1. The molecule has 0 radical (unpaired) electrons. The minimum atomic E-state index is -0.265. The summed E-state index contributed by atoms with van der Waals surface area (Å²) in [5, 5.41) is 8.12. The van der Waals surface area contributed by atoms with E-state index in [0.717, 1.165) is 57.1 Å². The second kappa shape index (κ2) is 5.27. The first-order chi connectivity index (χ1) is 9.24. The van der Waals surface area contributed by atoms with E-state index in [9.17, 15) is 4.39 Å². The van der Waals surface area contributed by atoms with Crippen molar-refractivity contribution >= 4 is 5.84 Å². The van der Waals surface area contributed by atoms with E-state index in [1.807, 2.05) is 4.90 Å². The molecule has 2 aliphatic heterocycles. The van der Waals surface area contributed by atoms with Gasteiger partial charge in [0.05, 0.1) is 13.2 Å². The Morgan fingerprint density at radius 1 is 1.21 bits per heavy atom. The van der Waals surface area contributed by atoms with Crippen molar-refractivity contribution in [3.8, 4) is 0 Å². The van der Waals surface area contributed by atoms with Gasteiger partial charge in [0.15, 0.2) is 0 Å². The third kappa shape index (κ3) is 2.62. The molecule has 0 spiro atoms. The van der Waals surface area contributed by atoms with Crippen LogP contribution >= 0.6 is 0 Å². The summed E-state index contributed by atoms with van der Waals surface area (Å²) in [6.07, 6.45) is 0. The lowest BCUT2D eigenvalue weighted by molar-refractivity contribution is 0.0359. The second-order valence-corrected chi connectivity index (χ2v) is 5.03. The number of nitrogens with zero attached hydrogens (tertiary/aromatic N) is 2. The van der Waals surface area contributed by atoms with Crippen LogP contribution in [-0.2, 0) is 11.3 Å². The lowest BCUT2D eigenvalue weighted by atomic mass is 10.1. The van der Waals surface area contributed by atoms with Gasteiger partial charge in [-0.2, -0.15) is 0 Å². The minimum absolute atomic E-state index is 0.265. The first-order valence-electron chi connectivity index (χ1n) is 6.66. The zero-order valence-corrected chi connectivity index (χ0v) is 10.9. The van der Waals surface area contributed by atoms with Crippen molar-refractivity contribution in [3.05, 3.63) is 35.1 Å². The van der Waals surface area contributed by atoms with Crippen LogP contribution in [0.15, 0.2) is 18.2 Å². The number of halogens is 1. The highest BCUT2D eigenvalue weighted by Gasteiger charge is 2.24. The highest BCUT2D eigenvalue weighted by molar-refractivity contribution is 6.00. The van der Waals surface area contributed by atoms with Gasteiger partial charge in [-0.15, -0.1) is 0 Å². The van der Waals surface area contributed by atoms with E-state index in [-0.39, 0.29) is 5.82 Å². The zero-order chi connectivity index (χ0) is 13.2. The van der Waals surface area contributed by atoms with Gasteiger partial charge in [-0.1, -0.05) is 6.07 Å². The highest BCUT2D eigenvalue weighted by atomic mass is 19.1. The molecule has 0 bridgehead atoms. The van der Waals surface area contributed by atoms with E-state index in [4.69, 9.17) is 10.1 Å². The Balaban J connectivity index is 1.60. The van der Waals surface area contributed by atoms with E-state index in [2.05, 4.69) is 4.90 Å². The Bertz CT molecular complexity index is 486. The number of rotatable bonds is 3. The molecule has 3 rings (SSSR count). The van der Waals surface area contributed by atoms with Crippen molar-refractivity contribution in [2.45, 2.75) is 6.54 Å². The first-order valence-corrected chi connectivity index (χ1v) is 6.66. The zero-order valence-electron chi connectivity index (χ0n) is 10.9. The van der Waals surface area contributed by atoms with Crippen molar-refractivity contribution < 1.29 is 9.13 Å². The largest absolute Gasteiger partial charge is 0.379 e. The summed E-state index contributed by atoms with van der Waals surface area (Å²) in [6, 6.07) is 4.72. The molecule has 0 unspecified atom stereocenters. The number of hydrogen-bond donors (Lipinski definition) is 1. The van der Waals surface area contributed by atoms with Crippen LogP contribution in [0.4, 0.5) is 4.39 Å². The summed E-state index contributed by atoms with van der Waals surface area (Å²) in [5.41, 5.74) is 1.79. The number of nitrogens with one attached hydrogen (secondary N) is 1. The maximum absolute atomic E-state index is 13.2. The van der Waals surface area contributed by atoms with Gasteiger partial charge in [-0.3, -0.25) is 10.3 Å². The van der Waals surface area contributed by atoms with Gasteiger partial charge in [0.25, 0.3) is 0 Å². The van der Waals surface area contributed by atoms with Gasteiger partial charge in [-0.25, -0.2) is 4.39 Å². The van der Waals surface area contributed by atoms with Crippen LogP contribution in [0.2, 0.25) is 0 Å². The molecule has 0 amide bonds. The standard InChI is InChI=1S/C14H18FN3O/c15-12-2-1-11-10-18(14(16)13(11)9-12)4-3-17-5-7-19-8-6-17/h1-2,9,16H,3-8,10H2. The first kappa shape index (κ1) is 12.6. The summed E-state index contributed by atoms with van der Waals surface area (Å²) in [4.78, 5) is 4.36. The molecule has 19 heavy (non-hydrogen) atoms. The van der Waals surface area contributed by atoms with Crippen molar-refractivity contribution in [2.24, 2.45) is 0 Å². The van der Waals surface area contributed by atoms with Crippen molar-refractivity contribution in [1.82, 2.24) is 9.80 Å². The second-order valence-electron chi connectivity index (χ2n) is 5.03. The fourth-order valence-electron chi connectivity index (χ4n) is 2.64. The number of benzene rings is 1. The third-order valence-electron chi connectivity index (χ3n) is 3.79. The number of hydrogen-bond acceptors (Lipinski definition) is 3. The van der Waals surface area contributed by atoms with Crippen LogP contribution in [0.25, 0.3) is 0 Å². The van der Waals surface area contributed by atoms with Crippen LogP contribution < -0.4 is 0 Å². The molecule has 0 aromatic heterocycles. The molecular weight excluding hydrogens is 245 g/mol. The summed E-state index contributed by atoms with van der Waals surface area (Å²) in [5.74, 6) is 0.182.